The van der Waals surface area contributed by atoms with Crippen LogP contribution in [0, 0.1) is 5.82 Å². The average molecular weight is 363 g/mol. The number of benzene rings is 2. The summed E-state index contributed by atoms with van der Waals surface area (Å²) in [6, 6.07) is 12.7. The molecule has 0 fully saturated rings. The van der Waals surface area contributed by atoms with Crippen molar-refractivity contribution >= 4 is 22.7 Å². The fourth-order valence-electron chi connectivity index (χ4n) is 2.18. The van der Waals surface area contributed by atoms with E-state index in [0.717, 1.165) is 0 Å². The van der Waals surface area contributed by atoms with E-state index in [1.54, 1.807) is 36.4 Å². The van der Waals surface area contributed by atoms with Gasteiger partial charge in [0, 0.05) is 12.8 Å². The van der Waals surface area contributed by atoms with Gasteiger partial charge in [-0.3, -0.25) is 9.00 Å². The van der Waals surface area contributed by atoms with Gasteiger partial charge in [-0.05, 0) is 30.2 Å². The Labute approximate surface area is 147 Å². The fourth-order valence-corrected chi connectivity index (χ4v) is 2.91. The van der Waals surface area contributed by atoms with E-state index in [0.29, 0.717) is 16.9 Å². The molecule has 1 atom stereocenters. The van der Waals surface area contributed by atoms with Crippen molar-refractivity contribution in [2.45, 2.75) is 11.3 Å². The number of carbonyl (C=O) groups excluding carboxylic acids is 2. The standard InChI is InChI=1S/C18H18FNO4S/c1-25(23)16-9-5-3-7-14(16)18(22)24-12-17(21)20-11-10-13-6-2-4-8-15(13)19/h2-9H,10-12H2,1H3,(H,20,21)/t25-/m0/s1. The molecule has 0 heterocycles. The molecule has 0 aliphatic carbocycles. The number of nitrogens with one attached hydrogen (secondary N) is 1. The predicted molar refractivity (Wildman–Crippen MR) is 92.2 cm³/mol. The maximum atomic E-state index is 13.5. The van der Waals surface area contributed by atoms with E-state index in [1.807, 2.05) is 0 Å². The van der Waals surface area contributed by atoms with Gasteiger partial charge in [0.1, 0.15) is 5.82 Å². The van der Waals surface area contributed by atoms with Crippen molar-refractivity contribution in [2.75, 3.05) is 19.4 Å². The van der Waals surface area contributed by atoms with Crippen LogP contribution in [0.3, 0.4) is 0 Å². The van der Waals surface area contributed by atoms with Crippen molar-refractivity contribution in [3.63, 3.8) is 0 Å². The van der Waals surface area contributed by atoms with Crippen LogP contribution in [0.5, 0.6) is 0 Å². The van der Waals surface area contributed by atoms with Gasteiger partial charge in [-0.2, -0.15) is 0 Å². The molecule has 1 amide bonds. The summed E-state index contributed by atoms with van der Waals surface area (Å²) in [5.41, 5.74) is 0.668. The molecule has 0 saturated carbocycles. The molecule has 0 aliphatic rings. The maximum absolute atomic E-state index is 13.5. The lowest BCUT2D eigenvalue weighted by molar-refractivity contribution is -0.124. The number of amides is 1. The summed E-state index contributed by atoms with van der Waals surface area (Å²) in [5.74, 6) is -1.53. The largest absolute Gasteiger partial charge is 0.452 e. The molecule has 0 bridgehead atoms. The van der Waals surface area contributed by atoms with Crippen LogP contribution >= 0.6 is 0 Å². The van der Waals surface area contributed by atoms with E-state index in [-0.39, 0.29) is 17.9 Å². The van der Waals surface area contributed by atoms with E-state index < -0.39 is 29.3 Å². The highest BCUT2D eigenvalue weighted by Gasteiger charge is 2.16. The molecule has 0 saturated heterocycles. The minimum Gasteiger partial charge on any atom is -0.452 e. The van der Waals surface area contributed by atoms with Crippen molar-refractivity contribution in [1.82, 2.24) is 5.32 Å². The zero-order valence-electron chi connectivity index (χ0n) is 13.7. The van der Waals surface area contributed by atoms with Crippen LogP contribution in [0.25, 0.3) is 0 Å². The minimum atomic E-state index is -1.34. The van der Waals surface area contributed by atoms with Crippen LogP contribution < -0.4 is 5.32 Å². The number of rotatable bonds is 7. The topological polar surface area (TPSA) is 72.5 Å². The molecule has 2 aromatic carbocycles. The molecule has 0 spiro atoms. The number of hydrogen-bond donors (Lipinski definition) is 1. The highest BCUT2D eigenvalue weighted by atomic mass is 32.2. The quantitative estimate of drug-likeness (QED) is 0.765. The third-order valence-electron chi connectivity index (χ3n) is 3.43. The second kappa shape index (κ2) is 9.08. The molecule has 7 heteroatoms. The lowest BCUT2D eigenvalue weighted by Gasteiger charge is -2.09. The first-order chi connectivity index (χ1) is 12.0. The van der Waals surface area contributed by atoms with Gasteiger partial charge in [-0.25, -0.2) is 9.18 Å². The van der Waals surface area contributed by atoms with Gasteiger partial charge < -0.3 is 10.1 Å². The van der Waals surface area contributed by atoms with Crippen molar-refractivity contribution in [2.24, 2.45) is 0 Å². The first kappa shape index (κ1) is 18.8. The van der Waals surface area contributed by atoms with E-state index >= 15 is 0 Å². The molecular weight excluding hydrogens is 345 g/mol. The SMILES string of the molecule is C[S@](=O)c1ccccc1C(=O)OCC(=O)NCCc1ccccc1F. The molecule has 2 aromatic rings. The molecule has 0 aromatic heterocycles. The Morgan fingerprint density at radius 3 is 2.52 bits per heavy atom. The lowest BCUT2D eigenvalue weighted by Crippen LogP contribution is -2.30. The molecule has 25 heavy (non-hydrogen) atoms. The Morgan fingerprint density at radius 1 is 1.12 bits per heavy atom. The second-order valence-electron chi connectivity index (χ2n) is 5.22. The monoisotopic (exact) mass is 363 g/mol. The number of hydrogen-bond acceptors (Lipinski definition) is 4. The van der Waals surface area contributed by atoms with E-state index in [2.05, 4.69) is 5.32 Å². The van der Waals surface area contributed by atoms with Gasteiger partial charge in [-0.1, -0.05) is 30.3 Å². The van der Waals surface area contributed by atoms with Crippen LogP contribution in [0.4, 0.5) is 4.39 Å². The molecular formula is C18H18FNO4S. The van der Waals surface area contributed by atoms with Crippen LogP contribution in [0.2, 0.25) is 0 Å². The Hall–Kier alpha value is -2.54. The third-order valence-corrected chi connectivity index (χ3v) is 4.40. The van der Waals surface area contributed by atoms with E-state index in [1.165, 1.54) is 18.4 Å². The summed E-state index contributed by atoms with van der Waals surface area (Å²) in [5, 5.41) is 2.56. The van der Waals surface area contributed by atoms with Crippen molar-refractivity contribution < 1.29 is 22.9 Å². The fraction of sp³-hybridized carbons (Fsp3) is 0.222. The van der Waals surface area contributed by atoms with Gasteiger partial charge in [0.05, 0.1) is 21.3 Å². The molecule has 1 N–H and O–H groups in total. The Morgan fingerprint density at radius 2 is 1.80 bits per heavy atom. The lowest BCUT2D eigenvalue weighted by atomic mass is 10.1. The van der Waals surface area contributed by atoms with E-state index in [4.69, 9.17) is 4.74 Å². The van der Waals surface area contributed by atoms with Crippen molar-refractivity contribution in [1.29, 1.82) is 0 Å². The van der Waals surface area contributed by atoms with Crippen LogP contribution in [-0.4, -0.2) is 35.5 Å². The Bertz CT molecular complexity index is 794. The van der Waals surface area contributed by atoms with Crippen LogP contribution in [0.1, 0.15) is 15.9 Å². The van der Waals surface area contributed by atoms with Gasteiger partial charge in [0.2, 0.25) is 0 Å². The normalized spacial score (nSPS) is 11.6. The van der Waals surface area contributed by atoms with Gasteiger partial charge in [0.25, 0.3) is 5.91 Å². The summed E-state index contributed by atoms with van der Waals surface area (Å²) < 4.78 is 30.0. The second-order valence-corrected chi connectivity index (χ2v) is 6.57. The predicted octanol–water partition coefficient (Wildman–Crippen LogP) is 2.08. The van der Waals surface area contributed by atoms with Crippen LogP contribution in [-0.2, 0) is 26.8 Å². The Balaban J connectivity index is 1.81. The van der Waals surface area contributed by atoms with Crippen molar-refractivity contribution in [3.8, 4) is 0 Å². The molecule has 132 valence electrons. The summed E-state index contributed by atoms with van der Waals surface area (Å²) in [7, 11) is -1.34. The maximum Gasteiger partial charge on any atom is 0.339 e. The van der Waals surface area contributed by atoms with Gasteiger partial charge >= 0.3 is 5.97 Å². The zero-order valence-corrected chi connectivity index (χ0v) is 14.5. The highest BCUT2D eigenvalue weighted by molar-refractivity contribution is 7.84. The summed E-state index contributed by atoms with van der Waals surface area (Å²) in [6.07, 6.45) is 1.80. The summed E-state index contributed by atoms with van der Waals surface area (Å²) >= 11 is 0. The number of ether oxygens (including phenoxy) is 1. The zero-order chi connectivity index (χ0) is 18.2. The number of halogens is 1. The first-order valence-corrected chi connectivity index (χ1v) is 9.14. The minimum absolute atomic E-state index is 0.169. The van der Waals surface area contributed by atoms with E-state index in [9.17, 15) is 18.2 Å². The number of esters is 1. The Kier molecular flexibility index (Phi) is 6.82. The third kappa shape index (κ3) is 5.49. The van der Waals surface area contributed by atoms with Gasteiger partial charge in [0.15, 0.2) is 6.61 Å². The molecule has 0 radical (unpaired) electrons. The summed E-state index contributed by atoms with van der Waals surface area (Å²) in [4.78, 5) is 24.1. The van der Waals surface area contributed by atoms with Gasteiger partial charge in [-0.15, -0.1) is 0 Å². The first-order valence-electron chi connectivity index (χ1n) is 7.58. The van der Waals surface area contributed by atoms with Crippen molar-refractivity contribution in [3.05, 3.63) is 65.5 Å². The average Bonchev–Trinajstić information content (AvgIpc) is 2.61. The molecule has 0 unspecified atom stereocenters. The number of carbonyl (C=O) groups is 2. The van der Waals surface area contributed by atoms with Crippen LogP contribution in [0.15, 0.2) is 53.4 Å². The molecule has 2 rings (SSSR count). The summed E-state index contributed by atoms with van der Waals surface area (Å²) in [6.45, 7) is -0.229. The molecule has 5 nitrogen and oxygen atoms in total. The smallest absolute Gasteiger partial charge is 0.339 e. The highest BCUT2D eigenvalue weighted by Crippen LogP contribution is 2.13. The molecule has 0 aliphatic heterocycles.